The van der Waals surface area contributed by atoms with Crippen LogP contribution in [0, 0.1) is 0 Å². The Morgan fingerprint density at radius 2 is 1.38 bits per heavy atom. The first-order valence-corrected chi connectivity index (χ1v) is 9.10. The highest BCUT2D eigenvalue weighted by molar-refractivity contribution is 5.89. The van der Waals surface area contributed by atoms with Gasteiger partial charge in [0.1, 0.15) is 5.60 Å². The maximum Gasteiger partial charge on any atom is 0.410 e. The molecule has 1 saturated heterocycles. The normalized spacial score (nSPS) is 15.6. The Morgan fingerprint density at radius 3 is 1.85 bits per heavy atom. The second kappa shape index (κ2) is 7.56. The highest BCUT2D eigenvalue weighted by Gasteiger charge is 2.27. The van der Waals surface area contributed by atoms with Gasteiger partial charge in [0.2, 0.25) is 0 Å². The van der Waals surface area contributed by atoms with Gasteiger partial charge in [-0.25, -0.2) is 9.59 Å². The number of benzene rings is 1. The van der Waals surface area contributed by atoms with Crippen molar-refractivity contribution in [2.45, 2.75) is 52.6 Å². The van der Waals surface area contributed by atoms with Gasteiger partial charge < -0.3 is 19.9 Å². The van der Waals surface area contributed by atoms with Crippen molar-refractivity contribution < 1.29 is 14.3 Å². The summed E-state index contributed by atoms with van der Waals surface area (Å²) in [4.78, 5) is 27.9. The van der Waals surface area contributed by atoms with E-state index in [1.807, 2.05) is 45.0 Å². The third kappa shape index (κ3) is 5.64. The smallest absolute Gasteiger partial charge is 0.410 e. The second-order valence-electron chi connectivity index (χ2n) is 8.71. The molecule has 1 N–H and O–H groups in total. The lowest BCUT2D eigenvalue weighted by molar-refractivity contribution is 0.0174. The predicted molar refractivity (Wildman–Crippen MR) is 104 cm³/mol. The second-order valence-corrected chi connectivity index (χ2v) is 8.71. The molecule has 1 aliphatic rings. The number of ether oxygens (including phenoxy) is 1. The average molecular weight is 361 g/mol. The van der Waals surface area contributed by atoms with Crippen LogP contribution in [0.3, 0.4) is 0 Å². The zero-order valence-corrected chi connectivity index (χ0v) is 16.8. The average Bonchev–Trinajstić information content (AvgIpc) is 2.53. The number of hydrogen-bond donors (Lipinski definition) is 1. The molecule has 1 aliphatic heterocycles. The van der Waals surface area contributed by atoms with Gasteiger partial charge in [-0.05, 0) is 43.9 Å². The summed E-state index contributed by atoms with van der Waals surface area (Å²) in [6, 6.07) is 7.79. The molecule has 0 radical (unpaired) electrons. The number of carbonyl (C=O) groups is 2. The number of urea groups is 1. The minimum absolute atomic E-state index is 0.0839. The minimum atomic E-state index is -0.509. The minimum Gasteiger partial charge on any atom is -0.444 e. The molecule has 1 aromatic rings. The van der Waals surface area contributed by atoms with Crippen molar-refractivity contribution in [1.82, 2.24) is 9.80 Å². The standard InChI is InChI=1S/C20H31N3O3/c1-19(2,3)15-7-9-16(10-8-15)21-17(24)22-11-13-23(14-12-22)18(25)26-20(4,5)6/h7-10H,11-14H2,1-6H3,(H,21,24). The maximum absolute atomic E-state index is 12.4. The summed E-state index contributed by atoms with van der Waals surface area (Å²) >= 11 is 0. The van der Waals surface area contributed by atoms with E-state index in [1.54, 1.807) is 9.80 Å². The summed E-state index contributed by atoms with van der Waals surface area (Å²) in [6.45, 7) is 14.0. The van der Waals surface area contributed by atoms with E-state index < -0.39 is 5.60 Å². The van der Waals surface area contributed by atoms with E-state index >= 15 is 0 Å². The van der Waals surface area contributed by atoms with Crippen molar-refractivity contribution in [3.05, 3.63) is 29.8 Å². The van der Waals surface area contributed by atoms with Crippen LogP contribution < -0.4 is 5.32 Å². The van der Waals surface area contributed by atoms with E-state index in [1.165, 1.54) is 5.56 Å². The molecule has 2 rings (SSSR count). The molecule has 0 saturated carbocycles. The van der Waals surface area contributed by atoms with Gasteiger partial charge in [0.25, 0.3) is 0 Å². The zero-order valence-electron chi connectivity index (χ0n) is 16.8. The third-order valence-corrected chi connectivity index (χ3v) is 4.22. The first-order chi connectivity index (χ1) is 12.0. The summed E-state index contributed by atoms with van der Waals surface area (Å²) in [5, 5.41) is 2.92. The number of anilines is 1. The van der Waals surface area contributed by atoms with Crippen LogP contribution in [0.25, 0.3) is 0 Å². The molecule has 1 aromatic carbocycles. The number of rotatable bonds is 1. The maximum atomic E-state index is 12.4. The van der Waals surface area contributed by atoms with E-state index in [-0.39, 0.29) is 17.5 Å². The summed E-state index contributed by atoms with van der Waals surface area (Å²) < 4.78 is 5.38. The lowest BCUT2D eigenvalue weighted by Gasteiger charge is -2.35. The van der Waals surface area contributed by atoms with Crippen LogP contribution in [0.1, 0.15) is 47.1 Å². The molecular weight excluding hydrogens is 330 g/mol. The lowest BCUT2D eigenvalue weighted by Crippen LogP contribution is -2.52. The largest absolute Gasteiger partial charge is 0.444 e. The summed E-state index contributed by atoms with van der Waals surface area (Å²) in [5.74, 6) is 0. The summed E-state index contributed by atoms with van der Waals surface area (Å²) in [6.07, 6.45) is -0.324. The van der Waals surface area contributed by atoms with Gasteiger partial charge in [-0.3, -0.25) is 0 Å². The number of nitrogens with one attached hydrogen (secondary N) is 1. The fraction of sp³-hybridized carbons (Fsp3) is 0.600. The topological polar surface area (TPSA) is 61.9 Å². The van der Waals surface area contributed by atoms with Crippen LogP contribution in [0.5, 0.6) is 0 Å². The SMILES string of the molecule is CC(C)(C)OC(=O)N1CCN(C(=O)Nc2ccc(C(C)(C)C)cc2)CC1. The van der Waals surface area contributed by atoms with E-state index in [0.29, 0.717) is 26.2 Å². The van der Waals surface area contributed by atoms with E-state index in [4.69, 9.17) is 4.74 Å². The number of nitrogens with zero attached hydrogens (tertiary/aromatic N) is 2. The van der Waals surface area contributed by atoms with Gasteiger partial charge >= 0.3 is 12.1 Å². The van der Waals surface area contributed by atoms with Crippen molar-refractivity contribution in [3.8, 4) is 0 Å². The predicted octanol–water partition coefficient (Wildman–Crippen LogP) is 4.07. The Balaban J connectivity index is 1.86. The van der Waals surface area contributed by atoms with Gasteiger partial charge in [0.05, 0.1) is 0 Å². The number of hydrogen-bond acceptors (Lipinski definition) is 3. The van der Waals surface area contributed by atoms with Crippen LogP contribution >= 0.6 is 0 Å². The number of amides is 3. The fourth-order valence-electron chi connectivity index (χ4n) is 2.67. The van der Waals surface area contributed by atoms with Crippen LogP contribution in [-0.2, 0) is 10.2 Å². The van der Waals surface area contributed by atoms with Crippen LogP contribution in [-0.4, -0.2) is 53.7 Å². The van der Waals surface area contributed by atoms with E-state index in [2.05, 4.69) is 26.1 Å². The fourth-order valence-corrected chi connectivity index (χ4v) is 2.67. The highest BCUT2D eigenvalue weighted by Crippen LogP contribution is 2.23. The van der Waals surface area contributed by atoms with Gasteiger partial charge in [-0.15, -0.1) is 0 Å². The van der Waals surface area contributed by atoms with Crippen LogP contribution in [0.4, 0.5) is 15.3 Å². The first-order valence-electron chi connectivity index (χ1n) is 9.10. The molecule has 1 heterocycles. The quantitative estimate of drug-likeness (QED) is 0.820. The summed E-state index contributed by atoms with van der Waals surface area (Å²) in [5.41, 5.74) is 1.57. The third-order valence-electron chi connectivity index (χ3n) is 4.22. The number of carbonyl (C=O) groups excluding carboxylic acids is 2. The van der Waals surface area contributed by atoms with E-state index in [9.17, 15) is 9.59 Å². The monoisotopic (exact) mass is 361 g/mol. The van der Waals surface area contributed by atoms with Crippen molar-refractivity contribution in [3.63, 3.8) is 0 Å². The van der Waals surface area contributed by atoms with Gasteiger partial charge in [-0.2, -0.15) is 0 Å². The van der Waals surface area contributed by atoms with Crippen molar-refractivity contribution in [2.24, 2.45) is 0 Å². The van der Waals surface area contributed by atoms with Crippen molar-refractivity contribution >= 4 is 17.8 Å². The molecule has 3 amide bonds. The Hall–Kier alpha value is -2.24. The Kier molecular flexibility index (Phi) is 5.84. The van der Waals surface area contributed by atoms with E-state index in [0.717, 1.165) is 5.69 Å². The molecule has 6 heteroatoms. The molecule has 0 aliphatic carbocycles. The Bertz CT molecular complexity index is 634. The lowest BCUT2D eigenvalue weighted by atomic mass is 9.87. The first kappa shape index (κ1) is 20.1. The molecule has 0 unspecified atom stereocenters. The molecule has 26 heavy (non-hydrogen) atoms. The highest BCUT2D eigenvalue weighted by atomic mass is 16.6. The van der Waals surface area contributed by atoms with Crippen molar-refractivity contribution in [1.29, 1.82) is 0 Å². The molecule has 1 fully saturated rings. The van der Waals surface area contributed by atoms with Gasteiger partial charge in [0, 0.05) is 31.9 Å². The van der Waals surface area contributed by atoms with Gasteiger partial charge in [0.15, 0.2) is 0 Å². The molecule has 0 spiro atoms. The number of piperazine rings is 1. The van der Waals surface area contributed by atoms with Crippen LogP contribution in [0.15, 0.2) is 24.3 Å². The molecule has 6 nitrogen and oxygen atoms in total. The Morgan fingerprint density at radius 1 is 0.885 bits per heavy atom. The van der Waals surface area contributed by atoms with Gasteiger partial charge in [-0.1, -0.05) is 32.9 Å². The Labute approximate surface area is 156 Å². The van der Waals surface area contributed by atoms with Crippen molar-refractivity contribution in [2.75, 3.05) is 31.5 Å². The zero-order chi connectivity index (χ0) is 19.5. The molecule has 144 valence electrons. The molecule has 0 bridgehead atoms. The molecule has 0 aromatic heterocycles. The molecule has 0 atom stereocenters. The van der Waals surface area contributed by atoms with Crippen LogP contribution in [0.2, 0.25) is 0 Å². The molecular formula is C20H31N3O3. The summed E-state index contributed by atoms with van der Waals surface area (Å²) in [7, 11) is 0.